The number of nitro groups is 2. The van der Waals surface area contributed by atoms with Gasteiger partial charge in [-0.2, -0.15) is 0 Å². The molecule has 0 fully saturated rings. The van der Waals surface area contributed by atoms with Gasteiger partial charge >= 0.3 is 0 Å². The third kappa shape index (κ3) is 5.11. The normalized spacial score (nSPS) is 11.6. The summed E-state index contributed by atoms with van der Waals surface area (Å²) < 4.78 is 0. The van der Waals surface area contributed by atoms with Gasteiger partial charge in [-0.15, -0.1) is 0 Å². The molecule has 1 atom stereocenters. The lowest BCUT2D eigenvalue weighted by Crippen LogP contribution is -2.34. The van der Waals surface area contributed by atoms with Gasteiger partial charge in [0.2, 0.25) is 0 Å². The number of benzene rings is 1. The van der Waals surface area contributed by atoms with Crippen LogP contribution < -0.4 is 10.6 Å². The second kappa shape index (κ2) is 9.10. The summed E-state index contributed by atoms with van der Waals surface area (Å²) in [4.78, 5) is 32.6. The number of alkyl halides is 1. The topological polar surface area (TPSA) is 168 Å². The molecule has 0 aliphatic heterocycles. The fourth-order valence-electron chi connectivity index (χ4n) is 1.77. The highest BCUT2D eigenvalue weighted by atomic mass is 79.9. The number of non-ortho nitro benzene ring substituents is 1. The third-order valence-corrected chi connectivity index (χ3v) is 3.26. The molecule has 1 aromatic rings. The Hall–Kier alpha value is -2.31. The Kier molecular flexibility index (Phi) is 7.48. The van der Waals surface area contributed by atoms with Gasteiger partial charge in [0.25, 0.3) is 17.3 Å². The maximum absolute atomic E-state index is 12.2. The number of carbonyl (C=O) groups is 1. The van der Waals surface area contributed by atoms with Crippen molar-refractivity contribution in [3.63, 3.8) is 0 Å². The van der Waals surface area contributed by atoms with Gasteiger partial charge in [-0.05, 0) is 0 Å². The van der Waals surface area contributed by atoms with Crippen LogP contribution in [0.15, 0.2) is 12.1 Å². The van der Waals surface area contributed by atoms with E-state index in [4.69, 9.17) is 5.11 Å². The molecule has 1 rings (SSSR count). The van der Waals surface area contributed by atoms with Crippen molar-refractivity contribution in [2.24, 2.45) is 0 Å². The summed E-state index contributed by atoms with van der Waals surface area (Å²) in [7, 11) is 0. The van der Waals surface area contributed by atoms with Crippen molar-refractivity contribution >= 4 is 38.9 Å². The van der Waals surface area contributed by atoms with Crippen LogP contribution in [-0.2, 0) is 0 Å². The van der Waals surface area contributed by atoms with E-state index in [0.717, 1.165) is 12.1 Å². The molecule has 0 spiro atoms. The van der Waals surface area contributed by atoms with Crippen molar-refractivity contribution in [2.45, 2.75) is 6.10 Å². The fraction of sp³-hybridized carbons (Fsp3) is 0.417. The number of carbonyl (C=O) groups excluding carboxylic acids is 1. The van der Waals surface area contributed by atoms with E-state index in [1.807, 2.05) is 0 Å². The van der Waals surface area contributed by atoms with E-state index in [2.05, 4.69) is 26.6 Å². The molecule has 0 radical (unpaired) electrons. The van der Waals surface area contributed by atoms with E-state index in [1.165, 1.54) is 0 Å². The van der Waals surface area contributed by atoms with Crippen molar-refractivity contribution in [1.29, 1.82) is 0 Å². The van der Waals surface area contributed by atoms with Crippen LogP contribution in [0.4, 0.5) is 17.1 Å². The molecule has 1 unspecified atom stereocenters. The number of anilines is 1. The average molecular weight is 407 g/mol. The first-order valence-electron chi connectivity index (χ1n) is 6.65. The summed E-state index contributed by atoms with van der Waals surface area (Å²) in [6.07, 6.45) is -1.22. The van der Waals surface area contributed by atoms with Crippen LogP contribution in [0, 0.1) is 20.2 Å². The van der Waals surface area contributed by atoms with Crippen LogP contribution in [-0.4, -0.2) is 57.1 Å². The Balaban J connectivity index is 3.33. The number of hydrogen-bond donors (Lipinski definition) is 4. The van der Waals surface area contributed by atoms with Gasteiger partial charge in [-0.1, -0.05) is 15.9 Å². The van der Waals surface area contributed by atoms with Crippen molar-refractivity contribution < 1.29 is 24.9 Å². The van der Waals surface area contributed by atoms with E-state index in [-0.39, 0.29) is 24.3 Å². The predicted octanol–water partition coefficient (Wildman–Crippen LogP) is 0.393. The molecular formula is C12H15BrN4O7. The van der Waals surface area contributed by atoms with Crippen LogP contribution in [0.2, 0.25) is 0 Å². The van der Waals surface area contributed by atoms with E-state index in [1.54, 1.807) is 0 Å². The number of halogens is 1. The Labute approximate surface area is 144 Å². The van der Waals surface area contributed by atoms with E-state index < -0.39 is 39.8 Å². The molecule has 0 aliphatic carbocycles. The molecule has 1 amide bonds. The number of amides is 1. The van der Waals surface area contributed by atoms with Gasteiger partial charge in [0.05, 0.1) is 34.2 Å². The monoisotopic (exact) mass is 406 g/mol. The molecule has 0 aliphatic rings. The fourth-order valence-corrected chi connectivity index (χ4v) is 1.97. The minimum atomic E-state index is -1.22. The number of nitro benzene ring substituents is 2. The molecule has 24 heavy (non-hydrogen) atoms. The number of hydrogen-bond acceptors (Lipinski definition) is 8. The van der Waals surface area contributed by atoms with Crippen molar-refractivity contribution in [3.8, 4) is 0 Å². The third-order valence-electron chi connectivity index (χ3n) is 2.86. The summed E-state index contributed by atoms with van der Waals surface area (Å²) >= 11 is 3.12. The first-order valence-corrected chi connectivity index (χ1v) is 7.77. The molecule has 132 valence electrons. The second-order valence-electron chi connectivity index (χ2n) is 4.56. The first-order chi connectivity index (χ1) is 11.3. The summed E-state index contributed by atoms with van der Waals surface area (Å²) in [5.41, 5.74) is -1.69. The summed E-state index contributed by atoms with van der Waals surface area (Å²) in [5.74, 6) is -0.855. The van der Waals surface area contributed by atoms with Gasteiger partial charge < -0.3 is 20.8 Å². The predicted molar refractivity (Wildman–Crippen MR) is 87.5 cm³/mol. The standard InChI is InChI=1S/C12H15BrN4O7/c13-1-2-14-11-9(12(20)15-5-8(19)6-18)3-7(16(21)22)4-10(11)17(23)24/h3-4,8,14,18-19H,1-2,5-6H2,(H,15,20). The lowest BCUT2D eigenvalue weighted by molar-refractivity contribution is -0.393. The Bertz CT molecular complexity index is 640. The molecule has 0 aromatic heterocycles. The summed E-state index contributed by atoms with van der Waals surface area (Å²) in [6.45, 7) is -0.675. The highest BCUT2D eigenvalue weighted by Gasteiger charge is 2.27. The molecule has 12 heteroatoms. The lowest BCUT2D eigenvalue weighted by Gasteiger charge is -2.13. The number of aliphatic hydroxyl groups excluding tert-OH is 2. The van der Waals surface area contributed by atoms with Gasteiger partial charge in [0.15, 0.2) is 0 Å². The summed E-state index contributed by atoms with van der Waals surface area (Å²) in [6, 6.07) is 1.67. The van der Waals surface area contributed by atoms with Crippen LogP contribution in [0.25, 0.3) is 0 Å². The zero-order chi connectivity index (χ0) is 18.3. The molecule has 0 saturated carbocycles. The van der Waals surface area contributed by atoms with Gasteiger partial charge in [0, 0.05) is 24.5 Å². The van der Waals surface area contributed by atoms with Crippen LogP contribution in [0.3, 0.4) is 0 Å². The Morgan fingerprint density at radius 2 is 1.96 bits per heavy atom. The van der Waals surface area contributed by atoms with Gasteiger partial charge in [-0.3, -0.25) is 25.0 Å². The van der Waals surface area contributed by atoms with Crippen LogP contribution >= 0.6 is 15.9 Å². The SMILES string of the molecule is O=C(NCC(O)CO)c1cc([N+](=O)[O-])cc([N+](=O)[O-])c1NCCBr. The Morgan fingerprint density at radius 1 is 1.29 bits per heavy atom. The number of nitrogens with zero attached hydrogens (tertiary/aromatic N) is 2. The van der Waals surface area contributed by atoms with Crippen LogP contribution in [0.1, 0.15) is 10.4 Å². The molecule has 0 bridgehead atoms. The zero-order valence-corrected chi connectivity index (χ0v) is 13.9. The van der Waals surface area contributed by atoms with E-state index in [9.17, 15) is 30.1 Å². The highest BCUT2D eigenvalue weighted by molar-refractivity contribution is 9.09. The highest BCUT2D eigenvalue weighted by Crippen LogP contribution is 2.33. The average Bonchev–Trinajstić information content (AvgIpc) is 2.56. The molecule has 4 N–H and O–H groups in total. The zero-order valence-electron chi connectivity index (χ0n) is 12.3. The maximum atomic E-state index is 12.2. The minimum absolute atomic E-state index is 0.166. The number of aliphatic hydroxyl groups is 2. The van der Waals surface area contributed by atoms with Crippen molar-refractivity contribution in [2.75, 3.05) is 30.3 Å². The van der Waals surface area contributed by atoms with Crippen LogP contribution in [0.5, 0.6) is 0 Å². The lowest BCUT2D eigenvalue weighted by atomic mass is 10.1. The maximum Gasteiger partial charge on any atom is 0.300 e. The second-order valence-corrected chi connectivity index (χ2v) is 5.36. The van der Waals surface area contributed by atoms with E-state index >= 15 is 0 Å². The summed E-state index contributed by atoms with van der Waals surface area (Å²) in [5, 5.41) is 45.4. The molecular weight excluding hydrogens is 392 g/mol. The largest absolute Gasteiger partial charge is 0.394 e. The van der Waals surface area contributed by atoms with Crippen molar-refractivity contribution in [3.05, 3.63) is 37.9 Å². The van der Waals surface area contributed by atoms with E-state index in [0.29, 0.717) is 5.33 Å². The molecule has 0 saturated heterocycles. The molecule has 0 heterocycles. The minimum Gasteiger partial charge on any atom is -0.394 e. The molecule has 11 nitrogen and oxygen atoms in total. The Morgan fingerprint density at radius 3 is 2.46 bits per heavy atom. The van der Waals surface area contributed by atoms with Gasteiger partial charge in [0.1, 0.15) is 5.69 Å². The quantitative estimate of drug-likeness (QED) is 0.259. The first kappa shape index (κ1) is 19.7. The number of rotatable bonds is 9. The molecule has 1 aromatic carbocycles. The van der Waals surface area contributed by atoms with Gasteiger partial charge in [-0.25, -0.2) is 0 Å². The number of nitrogens with one attached hydrogen (secondary N) is 2. The van der Waals surface area contributed by atoms with Crippen molar-refractivity contribution in [1.82, 2.24) is 5.32 Å². The smallest absolute Gasteiger partial charge is 0.300 e.